The number of nitrogen functional groups attached to an aromatic ring is 1. The van der Waals surface area contributed by atoms with E-state index in [4.69, 9.17) is 11.5 Å². The average molecular weight is 487 g/mol. The number of hydrogen-bond acceptors (Lipinski definition) is 6. The Morgan fingerprint density at radius 2 is 1.82 bits per heavy atom. The second-order valence-corrected chi connectivity index (χ2v) is 8.19. The number of aliphatic hydroxyl groups is 1. The molecular formula is C21H22F5N5O3. The summed E-state index contributed by atoms with van der Waals surface area (Å²) in [6.07, 6.45) is -4.96. The molecule has 1 saturated carbocycles. The molecule has 13 heteroatoms. The number of nitrogens with zero attached hydrogens (tertiary/aromatic N) is 2. The molecule has 1 aliphatic rings. The monoisotopic (exact) mass is 487 g/mol. The zero-order chi connectivity index (χ0) is 25.5. The fourth-order valence-electron chi connectivity index (χ4n) is 3.70. The molecule has 0 radical (unpaired) electrons. The number of nitrogens with one attached hydrogen (secondary N) is 1. The van der Waals surface area contributed by atoms with Gasteiger partial charge in [0.25, 0.3) is 17.4 Å². The number of halogens is 5. The Bertz CT molecular complexity index is 1110. The summed E-state index contributed by atoms with van der Waals surface area (Å²) in [5, 5.41) is 12.7. The number of anilines is 1. The maximum absolute atomic E-state index is 13.5. The Balaban J connectivity index is 1.96. The largest absolute Gasteiger partial charge is 0.430 e. The van der Waals surface area contributed by atoms with Gasteiger partial charge in [0, 0.05) is 30.0 Å². The van der Waals surface area contributed by atoms with Crippen molar-refractivity contribution in [3.63, 3.8) is 0 Å². The molecule has 1 aromatic carbocycles. The number of carbonyl (C=O) groups is 2. The first kappa shape index (κ1) is 25.3. The van der Waals surface area contributed by atoms with Crippen LogP contribution in [0, 0.1) is 6.92 Å². The molecule has 3 rings (SSSR count). The zero-order valence-corrected chi connectivity index (χ0v) is 17.9. The van der Waals surface area contributed by atoms with E-state index in [-0.39, 0.29) is 48.5 Å². The number of hydrogen-bond donors (Lipinski definition) is 4. The van der Waals surface area contributed by atoms with Crippen LogP contribution in [0.25, 0.3) is 11.3 Å². The van der Waals surface area contributed by atoms with Gasteiger partial charge in [-0.2, -0.15) is 13.2 Å². The van der Waals surface area contributed by atoms with Crippen LogP contribution in [0.3, 0.4) is 0 Å². The van der Waals surface area contributed by atoms with Gasteiger partial charge in [-0.25, -0.2) is 18.7 Å². The van der Waals surface area contributed by atoms with Gasteiger partial charge in [-0.05, 0) is 31.4 Å². The van der Waals surface area contributed by atoms with E-state index in [9.17, 15) is 36.6 Å². The molecule has 2 aromatic rings. The highest BCUT2D eigenvalue weighted by Gasteiger charge is 2.60. The van der Waals surface area contributed by atoms with Crippen molar-refractivity contribution in [1.29, 1.82) is 0 Å². The predicted molar refractivity (Wildman–Crippen MR) is 110 cm³/mol. The van der Waals surface area contributed by atoms with E-state index >= 15 is 0 Å². The average Bonchev–Trinajstić information content (AvgIpc) is 2.74. The second-order valence-electron chi connectivity index (χ2n) is 8.19. The van der Waals surface area contributed by atoms with Gasteiger partial charge in [-0.1, -0.05) is 12.1 Å². The Morgan fingerprint density at radius 3 is 2.38 bits per heavy atom. The molecule has 6 N–H and O–H groups in total. The lowest BCUT2D eigenvalue weighted by molar-refractivity contribution is -0.255. The van der Waals surface area contributed by atoms with Crippen LogP contribution in [-0.4, -0.2) is 45.0 Å². The van der Waals surface area contributed by atoms with E-state index < -0.39 is 41.1 Å². The minimum Gasteiger partial charge on any atom is -0.382 e. The molecule has 1 atom stereocenters. The zero-order valence-electron chi connectivity index (χ0n) is 17.9. The SMILES string of the molecule is Cc1ccc(C(O)(C(N)=O)C(F)(F)F)cc1-c1cnc(N)c(C(=O)NC2CCC(F)(F)CC2)n1. The van der Waals surface area contributed by atoms with E-state index in [2.05, 4.69) is 15.3 Å². The van der Waals surface area contributed by atoms with Crippen molar-refractivity contribution in [3.8, 4) is 11.3 Å². The van der Waals surface area contributed by atoms with Crippen molar-refractivity contribution in [1.82, 2.24) is 15.3 Å². The molecule has 8 nitrogen and oxygen atoms in total. The minimum atomic E-state index is -5.40. The normalized spacial score (nSPS) is 18.2. The van der Waals surface area contributed by atoms with Gasteiger partial charge in [0.2, 0.25) is 5.92 Å². The summed E-state index contributed by atoms with van der Waals surface area (Å²) in [5.41, 5.74) is 5.79. The number of aromatic nitrogens is 2. The third kappa shape index (κ3) is 4.79. The minimum absolute atomic E-state index is 0.0280. The lowest BCUT2D eigenvalue weighted by atomic mass is 9.89. The number of primary amides is 1. The van der Waals surface area contributed by atoms with E-state index in [1.165, 1.54) is 13.0 Å². The van der Waals surface area contributed by atoms with E-state index in [0.29, 0.717) is 5.56 Å². The molecule has 0 aliphatic heterocycles. The molecule has 184 valence electrons. The summed E-state index contributed by atoms with van der Waals surface area (Å²) in [6.45, 7) is 1.52. The van der Waals surface area contributed by atoms with Gasteiger partial charge >= 0.3 is 6.18 Å². The Morgan fingerprint density at radius 1 is 1.21 bits per heavy atom. The standard InChI is InChI=1S/C21H22F5N5O3/c1-10-2-3-11(20(34,18(28)33)21(24,25)26)8-13(10)14-9-29-16(27)15(31-14)17(32)30-12-4-6-19(22,23)7-5-12/h2-3,8-9,12,34H,4-7H2,1H3,(H2,27,29)(H2,28,33)(H,30,32). The highest BCUT2D eigenvalue weighted by atomic mass is 19.4. The smallest absolute Gasteiger partial charge is 0.382 e. The molecule has 1 heterocycles. The van der Waals surface area contributed by atoms with E-state index in [1.807, 2.05) is 0 Å². The number of carbonyl (C=O) groups excluding carboxylic acids is 2. The molecule has 1 fully saturated rings. The van der Waals surface area contributed by atoms with Crippen molar-refractivity contribution in [2.45, 2.75) is 56.3 Å². The molecule has 0 saturated heterocycles. The molecule has 1 aromatic heterocycles. The third-order valence-electron chi connectivity index (χ3n) is 5.77. The number of amides is 2. The van der Waals surface area contributed by atoms with Crippen LogP contribution in [0.1, 0.15) is 47.3 Å². The fourth-order valence-corrected chi connectivity index (χ4v) is 3.70. The fraction of sp³-hybridized carbons (Fsp3) is 0.429. The van der Waals surface area contributed by atoms with Gasteiger partial charge in [0.1, 0.15) is 0 Å². The summed E-state index contributed by atoms with van der Waals surface area (Å²) < 4.78 is 67.1. The van der Waals surface area contributed by atoms with Crippen LogP contribution in [0.2, 0.25) is 0 Å². The van der Waals surface area contributed by atoms with Crippen molar-refractivity contribution >= 4 is 17.6 Å². The van der Waals surface area contributed by atoms with Crippen molar-refractivity contribution in [2.75, 3.05) is 5.73 Å². The third-order valence-corrected chi connectivity index (χ3v) is 5.77. The first-order valence-electron chi connectivity index (χ1n) is 10.2. The topological polar surface area (TPSA) is 144 Å². The Labute approximate surface area is 190 Å². The highest BCUT2D eigenvalue weighted by molar-refractivity contribution is 5.97. The summed E-state index contributed by atoms with van der Waals surface area (Å²) in [6, 6.07) is 2.46. The van der Waals surface area contributed by atoms with Crippen LogP contribution in [0.5, 0.6) is 0 Å². The number of nitrogens with two attached hydrogens (primary N) is 2. The van der Waals surface area contributed by atoms with Crippen molar-refractivity contribution < 1.29 is 36.6 Å². The van der Waals surface area contributed by atoms with Gasteiger partial charge in [0.15, 0.2) is 11.5 Å². The van der Waals surface area contributed by atoms with Crippen molar-refractivity contribution in [3.05, 3.63) is 41.2 Å². The van der Waals surface area contributed by atoms with Crippen LogP contribution < -0.4 is 16.8 Å². The Hall–Kier alpha value is -3.35. The summed E-state index contributed by atoms with van der Waals surface area (Å²) in [5.74, 6) is -5.86. The van der Waals surface area contributed by atoms with Gasteiger partial charge in [-0.15, -0.1) is 0 Å². The van der Waals surface area contributed by atoms with Gasteiger partial charge in [-0.3, -0.25) is 9.59 Å². The molecule has 2 amide bonds. The second kappa shape index (κ2) is 8.78. The Kier molecular flexibility index (Phi) is 6.53. The highest BCUT2D eigenvalue weighted by Crippen LogP contribution is 2.40. The summed E-state index contributed by atoms with van der Waals surface area (Å²) >= 11 is 0. The molecule has 34 heavy (non-hydrogen) atoms. The molecule has 0 spiro atoms. The van der Waals surface area contributed by atoms with Crippen LogP contribution in [0.15, 0.2) is 24.4 Å². The van der Waals surface area contributed by atoms with E-state index in [1.54, 1.807) is 0 Å². The van der Waals surface area contributed by atoms with Crippen molar-refractivity contribution in [2.24, 2.45) is 5.73 Å². The maximum atomic E-state index is 13.5. The predicted octanol–water partition coefficient (Wildman–Crippen LogP) is 2.58. The van der Waals surface area contributed by atoms with Crippen LogP contribution in [-0.2, 0) is 10.4 Å². The molecule has 1 unspecified atom stereocenters. The van der Waals surface area contributed by atoms with Gasteiger partial charge < -0.3 is 21.9 Å². The lowest BCUT2D eigenvalue weighted by Crippen LogP contribution is -2.52. The van der Waals surface area contributed by atoms with E-state index in [0.717, 1.165) is 18.3 Å². The number of rotatable bonds is 5. The molecule has 0 bridgehead atoms. The maximum Gasteiger partial charge on any atom is 0.430 e. The molecular weight excluding hydrogens is 465 g/mol. The van der Waals surface area contributed by atoms with Crippen LogP contribution in [0.4, 0.5) is 27.8 Å². The quantitative estimate of drug-likeness (QED) is 0.477. The number of alkyl halides is 5. The first-order chi connectivity index (χ1) is 15.7. The van der Waals surface area contributed by atoms with Crippen LogP contribution >= 0.6 is 0 Å². The molecule has 1 aliphatic carbocycles. The number of aryl methyl sites for hydroxylation is 1. The lowest BCUT2D eigenvalue weighted by Gasteiger charge is -2.28. The first-order valence-corrected chi connectivity index (χ1v) is 10.2. The summed E-state index contributed by atoms with van der Waals surface area (Å²) in [4.78, 5) is 32.2. The number of benzene rings is 1. The van der Waals surface area contributed by atoms with Gasteiger partial charge in [0.05, 0.1) is 11.9 Å². The summed E-state index contributed by atoms with van der Waals surface area (Å²) in [7, 11) is 0.